The maximum Gasteiger partial charge on any atom is 0.275 e. The number of benzene rings is 2. The molecule has 1 amide bonds. The highest BCUT2D eigenvalue weighted by Gasteiger charge is 2.28. The second kappa shape index (κ2) is 5.86. The van der Waals surface area contributed by atoms with Crippen LogP contribution in [0.5, 0.6) is 0 Å². The Hall–Kier alpha value is -1.65. The highest BCUT2D eigenvalue weighted by atomic mass is 79.9. The van der Waals surface area contributed by atoms with Crippen molar-refractivity contribution in [2.75, 3.05) is 5.32 Å². The summed E-state index contributed by atoms with van der Waals surface area (Å²) in [5.41, 5.74) is 4.89. The molecule has 0 spiro atoms. The lowest BCUT2D eigenvalue weighted by Crippen LogP contribution is -2.14. The van der Waals surface area contributed by atoms with Gasteiger partial charge >= 0.3 is 0 Å². The Morgan fingerprint density at radius 3 is 2.77 bits per heavy atom. The smallest absolute Gasteiger partial charge is 0.275 e. The molecule has 1 aliphatic heterocycles. The molecule has 5 heteroatoms. The minimum Gasteiger partial charge on any atom is -0.320 e. The second-order valence-electron chi connectivity index (χ2n) is 5.19. The lowest BCUT2D eigenvalue weighted by Gasteiger charge is -2.06. The number of amides is 1. The Balaban J connectivity index is 2.18. The third-order valence-electron chi connectivity index (χ3n) is 3.68. The molecule has 2 aromatic carbocycles. The summed E-state index contributed by atoms with van der Waals surface area (Å²) in [7, 11) is 0. The Bertz CT molecular complexity index is 815. The summed E-state index contributed by atoms with van der Waals surface area (Å²) >= 11 is 9.53. The van der Waals surface area contributed by atoms with Gasteiger partial charge in [-0.3, -0.25) is 4.79 Å². The number of carbonyl (C=O) groups is 1. The van der Waals surface area contributed by atoms with Gasteiger partial charge in [-0.15, -0.1) is 0 Å². The maximum absolute atomic E-state index is 12.3. The molecule has 0 saturated carbocycles. The number of anilines is 1. The van der Waals surface area contributed by atoms with E-state index in [1.165, 1.54) is 0 Å². The van der Waals surface area contributed by atoms with E-state index in [1.54, 1.807) is 6.07 Å². The second-order valence-corrected chi connectivity index (χ2v) is 6.54. The summed E-state index contributed by atoms with van der Waals surface area (Å²) in [5, 5.41) is 3.53. The normalized spacial score (nSPS) is 15.1. The summed E-state index contributed by atoms with van der Waals surface area (Å²) in [5.74, 6) is -0.179. The van der Waals surface area contributed by atoms with E-state index in [0.29, 0.717) is 16.4 Å². The molecule has 3 rings (SSSR count). The van der Waals surface area contributed by atoms with Gasteiger partial charge in [0.15, 0.2) is 0 Å². The van der Waals surface area contributed by atoms with Crippen LogP contribution in [0.2, 0.25) is 5.02 Å². The largest absolute Gasteiger partial charge is 0.320 e. The van der Waals surface area contributed by atoms with Gasteiger partial charge in [0.25, 0.3) is 5.91 Å². The van der Waals surface area contributed by atoms with Crippen molar-refractivity contribution in [1.82, 2.24) is 0 Å². The molecular weight excluding hydrogens is 364 g/mol. The van der Waals surface area contributed by atoms with E-state index < -0.39 is 0 Å². The zero-order valence-corrected chi connectivity index (χ0v) is 14.5. The number of hydrogen-bond donors (Lipinski definition) is 1. The van der Waals surface area contributed by atoms with Crippen LogP contribution in [0.25, 0.3) is 0 Å². The van der Waals surface area contributed by atoms with Crippen molar-refractivity contribution in [2.24, 2.45) is 4.99 Å². The summed E-state index contributed by atoms with van der Waals surface area (Å²) in [6.45, 7) is 4.01. The van der Waals surface area contributed by atoms with Gasteiger partial charge in [-0.25, -0.2) is 4.99 Å². The molecule has 0 unspecified atom stereocenters. The van der Waals surface area contributed by atoms with Crippen molar-refractivity contribution >= 4 is 50.5 Å². The van der Waals surface area contributed by atoms with Gasteiger partial charge in [0.2, 0.25) is 0 Å². The summed E-state index contributed by atoms with van der Waals surface area (Å²) < 4.78 is 0.940. The third-order valence-corrected chi connectivity index (χ3v) is 4.37. The van der Waals surface area contributed by atoms with Crippen molar-refractivity contribution in [3.05, 3.63) is 56.5 Å². The number of aryl methyl sites for hydroxylation is 2. The first-order valence-electron chi connectivity index (χ1n) is 6.98. The maximum atomic E-state index is 12.3. The van der Waals surface area contributed by atoms with Gasteiger partial charge in [-0.1, -0.05) is 40.5 Å². The fraction of sp³-hybridized carbons (Fsp3) is 0.176. The van der Waals surface area contributed by atoms with E-state index in [2.05, 4.69) is 33.2 Å². The number of carbonyl (C=O) groups excluding carboxylic acids is 1. The van der Waals surface area contributed by atoms with Crippen LogP contribution in [-0.2, 0) is 11.2 Å². The van der Waals surface area contributed by atoms with Gasteiger partial charge < -0.3 is 5.32 Å². The first kappa shape index (κ1) is 15.3. The number of nitrogens with zero attached hydrogens (tertiary/aromatic N) is 1. The predicted molar refractivity (Wildman–Crippen MR) is 94.5 cm³/mol. The quantitative estimate of drug-likeness (QED) is 0.782. The standard InChI is InChI=1S/C17H14BrClN2O/c1-3-10-6-11(18)7-13-15(10)21-17(22)16(13)20-14-8-12(19)5-4-9(14)2/h4-8H,3H2,1-2H3,(H,20,21,22). The highest BCUT2D eigenvalue weighted by Crippen LogP contribution is 2.33. The molecule has 0 fully saturated rings. The molecule has 1 heterocycles. The van der Waals surface area contributed by atoms with Crippen LogP contribution in [0.4, 0.5) is 11.4 Å². The fourth-order valence-electron chi connectivity index (χ4n) is 2.51. The molecule has 1 N–H and O–H groups in total. The number of rotatable bonds is 2. The van der Waals surface area contributed by atoms with E-state index in [9.17, 15) is 4.79 Å². The van der Waals surface area contributed by atoms with E-state index in [0.717, 1.165) is 33.3 Å². The predicted octanol–water partition coefficient (Wildman–Crippen LogP) is 5.05. The molecule has 1 aliphatic rings. The molecule has 0 aromatic heterocycles. The van der Waals surface area contributed by atoms with Gasteiger partial charge in [0.05, 0.1) is 11.4 Å². The monoisotopic (exact) mass is 376 g/mol. The van der Waals surface area contributed by atoms with Crippen LogP contribution in [0.3, 0.4) is 0 Å². The van der Waals surface area contributed by atoms with Gasteiger partial charge in [0, 0.05) is 15.1 Å². The molecule has 0 aliphatic carbocycles. The SMILES string of the molecule is CCc1cc(Br)cc2c1NC(=O)C2=Nc1cc(Cl)ccc1C. The Morgan fingerprint density at radius 1 is 1.27 bits per heavy atom. The zero-order valence-electron chi connectivity index (χ0n) is 12.2. The topological polar surface area (TPSA) is 41.5 Å². The van der Waals surface area contributed by atoms with Crippen molar-refractivity contribution in [3.63, 3.8) is 0 Å². The Morgan fingerprint density at radius 2 is 2.05 bits per heavy atom. The van der Waals surface area contributed by atoms with Crippen LogP contribution in [0.15, 0.2) is 39.8 Å². The Labute approximate surface area is 142 Å². The van der Waals surface area contributed by atoms with Crippen molar-refractivity contribution in [1.29, 1.82) is 0 Å². The zero-order chi connectivity index (χ0) is 15.9. The number of halogens is 2. The average Bonchev–Trinajstić information content (AvgIpc) is 2.78. The fourth-order valence-corrected chi connectivity index (χ4v) is 3.18. The lowest BCUT2D eigenvalue weighted by atomic mass is 10.0. The van der Waals surface area contributed by atoms with Crippen molar-refractivity contribution in [3.8, 4) is 0 Å². The lowest BCUT2D eigenvalue weighted by molar-refractivity contribution is -0.110. The van der Waals surface area contributed by atoms with E-state index in [4.69, 9.17) is 11.6 Å². The molecule has 3 nitrogen and oxygen atoms in total. The Kier molecular flexibility index (Phi) is 4.06. The van der Waals surface area contributed by atoms with Crippen LogP contribution in [0, 0.1) is 6.92 Å². The molecule has 22 heavy (non-hydrogen) atoms. The van der Waals surface area contributed by atoms with Gasteiger partial charge in [-0.2, -0.15) is 0 Å². The van der Waals surface area contributed by atoms with Crippen molar-refractivity contribution < 1.29 is 4.79 Å². The van der Waals surface area contributed by atoms with Gasteiger partial charge in [-0.05, 0) is 48.7 Å². The molecule has 0 radical (unpaired) electrons. The number of aliphatic imine (C=N–C) groups is 1. The van der Waals surface area contributed by atoms with Crippen LogP contribution in [-0.4, -0.2) is 11.6 Å². The van der Waals surface area contributed by atoms with Gasteiger partial charge in [0.1, 0.15) is 5.71 Å². The van der Waals surface area contributed by atoms with Crippen LogP contribution < -0.4 is 5.32 Å². The number of nitrogens with one attached hydrogen (secondary N) is 1. The first-order chi connectivity index (χ1) is 10.5. The third kappa shape index (κ3) is 2.69. The van der Waals surface area contributed by atoms with Crippen molar-refractivity contribution in [2.45, 2.75) is 20.3 Å². The van der Waals surface area contributed by atoms with Crippen LogP contribution >= 0.6 is 27.5 Å². The average molecular weight is 378 g/mol. The molecule has 112 valence electrons. The first-order valence-corrected chi connectivity index (χ1v) is 8.15. The van der Waals surface area contributed by atoms with Crippen LogP contribution in [0.1, 0.15) is 23.6 Å². The summed E-state index contributed by atoms with van der Waals surface area (Å²) in [4.78, 5) is 16.9. The molecule has 0 saturated heterocycles. The van der Waals surface area contributed by atoms with E-state index in [1.807, 2.05) is 31.2 Å². The summed E-state index contributed by atoms with van der Waals surface area (Å²) in [6.07, 6.45) is 0.839. The molecule has 2 aromatic rings. The minimum absolute atomic E-state index is 0.179. The molecule has 0 bridgehead atoms. The molecule has 0 atom stereocenters. The molecular formula is C17H14BrClN2O. The number of fused-ring (bicyclic) bond motifs is 1. The van der Waals surface area contributed by atoms with E-state index >= 15 is 0 Å². The highest BCUT2D eigenvalue weighted by molar-refractivity contribution is 9.10. The minimum atomic E-state index is -0.179. The number of hydrogen-bond acceptors (Lipinski definition) is 2. The summed E-state index contributed by atoms with van der Waals surface area (Å²) in [6, 6.07) is 9.43. The van der Waals surface area contributed by atoms with E-state index in [-0.39, 0.29) is 5.91 Å².